The molecule has 0 radical (unpaired) electrons. The molecule has 0 spiro atoms. The van der Waals surface area contributed by atoms with E-state index in [1.54, 1.807) is 0 Å². The quantitative estimate of drug-likeness (QED) is 0.712. The van der Waals surface area contributed by atoms with Crippen LogP contribution >= 0.6 is 11.8 Å². The van der Waals surface area contributed by atoms with Gasteiger partial charge in [-0.1, -0.05) is 36.4 Å². The van der Waals surface area contributed by atoms with Crippen LogP contribution in [0.4, 0.5) is 0 Å². The smallest absolute Gasteiger partial charge is 0.121 e. The molecule has 1 aliphatic rings. The molecule has 1 heterocycles. The molecule has 0 N–H and O–H groups in total. The summed E-state index contributed by atoms with van der Waals surface area (Å²) in [7, 11) is 0. The van der Waals surface area contributed by atoms with Crippen molar-refractivity contribution in [3.63, 3.8) is 0 Å². The molecule has 1 aromatic rings. The Hall–Kier alpha value is -0.730. The van der Waals surface area contributed by atoms with Crippen LogP contribution in [0.15, 0.2) is 36.4 Å². The van der Waals surface area contributed by atoms with Crippen molar-refractivity contribution in [3.05, 3.63) is 42.0 Å². The maximum Gasteiger partial charge on any atom is 0.121 e. The Labute approximate surface area is 82.8 Å². The first-order valence-corrected chi connectivity index (χ1v) is 5.46. The van der Waals surface area contributed by atoms with Gasteiger partial charge in [-0.3, -0.25) is 0 Å². The van der Waals surface area contributed by atoms with Crippen LogP contribution in [0.25, 0.3) is 6.08 Å². The van der Waals surface area contributed by atoms with Gasteiger partial charge < -0.3 is 4.74 Å². The third kappa shape index (κ3) is 2.61. The van der Waals surface area contributed by atoms with Gasteiger partial charge in [-0.25, -0.2) is 0 Å². The molecule has 13 heavy (non-hydrogen) atoms. The van der Waals surface area contributed by atoms with E-state index in [9.17, 15) is 0 Å². The molecule has 2 rings (SSSR count). The topological polar surface area (TPSA) is 9.23 Å². The first-order chi connectivity index (χ1) is 6.45. The molecule has 1 fully saturated rings. The van der Waals surface area contributed by atoms with Crippen LogP contribution in [0, 0.1) is 0 Å². The minimum Gasteiger partial charge on any atom is -0.363 e. The van der Waals surface area contributed by atoms with E-state index in [1.807, 2.05) is 30.0 Å². The Bertz CT molecular complexity index is 275. The molecular weight excluding hydrogens is 180 g/mol. The molecule has 1 aliphatic heterocycles. The second kappa shape index (κ2) is 4.49. The van der Waals surface area contributed by atoms with Crippen molar-refractivity contribution in [1.29, 1.82) is 0 Å². The van der Waals surface area contributed by atoms with Crippen molar-refractivity contribution in [1.82, 2.24) is 0 Å². The summed E-state index contributed by atoms with van der Waals surface area (Å²) in [6.45, 7) is 0.883. The first-order valence-electron chi connectivity index (χ1n) is 4.41. The molecule has 1 nitrogen and oxygen atoms in total. The fraction of sp³-hybridized carbons (Fsp3) is 0.273. The van der Waals surface area contributed by atoms with Crippen LogP contribution < -0.4 is 0 Å². The fourth-order valence-corrected chi connectivity index (χ4v) is 2.05. The van der Waals surface area contributed by atoms with Gasteiger partial charge in [0.2, 0.25) is 0 Å². The van der Waals surface area contributed by atoms with Gasteiger partial charge >= 0.3 is 0 Å². The van der Waals surface area contributed by atoms with Crippen molar-refractivity contribution >= 4 is 17.8 Å². The van der Waals surface area contributed by atoms with Gasteiger partial charge in [-0.15, -0.1) is 11.8 Å². The number of thioether (sulfide) groups is 1. The highest BCUT2D eigenvalue weighted by molar-refractivity contribution is 8.00. The predicted molar refractivity (Wildman–Crippen MR) is 57.7 cm³/mol. The molecule has 0 amide bonds. The van der Waals surface area contributed by atoms with E-state index in [1.165, 1.54) is 5.56 Å². The Morgan fingerprint density at radius 2 is 2.15 bits per heavy atom. The molecular formula is C11H12OS. The summed E-state index contributed by atoms with van der Waals surface area (Å²) in [5, 5.41) is 0. The van der Waals surface area contributed by atoms with E-state index in [2.05, 4.69) is 24.3 Å². The van der Waals surface area contributed by atoms with Gasteiger partial charge in [0, 0.05) is 5.75 Å². The van der Waals surface area contributed by atoms with Crippen LogP contribution in [0.1, 0.15) is 5.56 Å². The van der Waals surface area contributed by atoms with Crippen molar-refractivity contribution < 1.29 is 4.74 Å². The second-order valence-electron chi connectivity index (χ2n) is 2.88. The van der Waals surface area contributed by atoms with E-state index < -0.39 is 0 Å². The number of hydrogen-bond acceptors (Lipinski definition) is 2. The molecule has 0 unspecified atom stereocenters. The van der Waals surface area contributed by atoms with Crippen LogP contribution in [0.2, 0.25) is 0 Å². The van der Waals surface area contributed by atoms with E-state index in [0.29, 0.717) is 0 Å². The maximum atomic E-state index is 5.45. The maximum absolute atomic E-state index is 5.45. The van der Waals surface area contributed by atoms with Crippen molar-refractivity contribution in [2.45, 2.75) is 5.44 Å². The molecule has 2 heteroatoms. The van der Waals surface area contributed by atoms with Gasteiger partial charge in [-0.2, -0.15) is 0 Å². The van der Waals surface area contributed by atoms with Crippen LogP contribution in [0.3, 0.4) is 0 Å². The lowest BCUT2D eigenvalue weighted by atomic mass is 10.2. The third-order valence-corrected chi connectivity index (χ3v) is 2.92. The van der Waals surface area contributed by atoms with Gasteiger partial charge in [0.1, 0.15) is 5.44 Å². The molecule has 0 bridgehead atoms. The zero-order chi connectivity index (χ0) is 8.93. The Morgan fingerprint density at radius 3 is 2.85 bits per heavy atom. The molecule has 1 saturated heterocycles. The molecule has 68 valence electrons. The average Bonchev–Trinajstić information content (AvgIpc) is 2.69. The van der Waals surface area contributed by atoms with E-state index in [4.69, 9.17) is 4.74 Å². The zero-order valence-corrected chi connectivity index (χ0v) is 8.17. The highest BCUT2D eigenvalue weighted by Gasteiger charge is 2.11. The number of benzene rings is 1. The van der Waals surface area contributed by atoms with Gasteiger partial charge in [0.05, 0.1) is 6.61 Å². The summed E-state index contributed by atoms with van der Waals surface area (Å²) >= 11 is 1.85. The van der Waals surface area contributed by atoms with Gasteiger partial charge in [-0.05, 0) is 11.6 Å². The van der Waals surface area contributed by atoms with E-state index in [0.717, 1.165) is 12.4 Å². The highest BCUT2D eigenvalue weighted by atomic mass is 32.2. The molecule has 1 atom stereocenters. The summed E-state index contributed by atoms with van der Waals surface area (Å²) in [5.74, 6) is 1.11. The van der Waals surface area contributed by atoms with E-state index >= 15 is 0 Å². The minimum absolute atomic E-state index is 0.264. The molecule has 1 aromatic carbocycles. The highest BCUT2D eigenvalue weighted by Crippen LogP contribution is 2.21. The normalized spacial score (nSPS) is 22.6. The summed E-state index contributed by atoms with van der Waals surface area (Å²) in [4.78, 5) is 0. The summed E-state index contributed by atoms with van der Waals surface area (Å²) in [6, 6.07) is 10.3. The van der Waals surface area contributed by atoms with Crippen molar-refractivity contribution in [2.24, 2.45) is 0 Å². The van der Waals surface area contributed by atoms with Crippen molar-refractivity contribution in [2.75, 3.05) is 12.4 Å². The lowest BCUT2D eigenvalue weighted by Gasteiger charge is -2.00. The SMILES string of the molecule is C(=C\[C@@H]1OCCS1)/c1ccccc1. The molecule has 0 aromatic heterocycles. The summed E-state index contributed by atoms with van der Waals surface area (Å²) in [5.41, 5.74) is 1.50. The predicted octanol–water partition coefficient (Wildman–Crippen LogP) is 2.79. The molecule has 0 aliphatic carbocycles. The van der Waals surface area contributed by atoms with Crippen molar-refractivity contribution in [3.8, 4) is 0 Å². The van der Waals surface area contributed by atoms with Crippen LogP contribution in [0.5, 0.6) is 0 Å². The van der Waals surface area contributed by atoms with Crippen LogP contribution in [-0.2, 0) is 4.74 Å². The molecule has 0 saturated carbocycles. The van der Waals surface area contributed by atoms with Gasteiger partial charge in [0.15, 0.2) is 0 Å². The average molecular weight is 192 g/mol. The van der Waals surface area contributed by atoms with Crippen LogP contribution in [-0.4, -0.2) is 17.8 Å². The lowest BCUT2D eigenvalue weighted by molar-refractivity contribution is 0.173. The monoisotopic (exact) mass is 192 g/mol. The van der Waals surface area contributed by atoms with E-state index in [-0.39, 0.29) is 5.44 Å². The summed E-state index contributed by atoms with van der Waals surface area (Å²) < 4.78 is 5.45. The first kappa shape index (κ1) is 8.85. The number of rotatable bonds is 2. The summed E-state index contributed by atoms with van der Waals surface area (Å²) in [6.07, 6.45) is 4.23. The second-order valence-corrected chi connectivity index (χ2v) is 4.09. The minimum atomic E-state index is 0.264. The Balaban J connectivity index is 1.97. The fourth-order valence-electron chi connectivity index (χ4n) is 1.24. The Kier molecular flexibility index (Phi) is 3.06. The third-order valence-electron chi connectivity index (χ3n) is 1.89. The zero-order valence-electron chi connectivity index (χ0n) is 7.35. The number of ether oxygens (including phenoxy) is 1. The lowest BCUT2D eigenvalue weighted by Crippen LogP contribution is -1.94. The van der Waals surface area contributed by atoms with Gasteiger partial charge in [0.25, 0.3) is 0 Å². The number of hydrogen-bond donors (Lipinski definition) is 0. The Morgan fingerprint density at radius 1 is 1.31 bits per heavy atom. The standard InChI is InChI=1S/C11H12OS/c1-2-4-10(5-3-1)6-7-11-12-8-9-13-11/h1-7,11H,8-9H2/b7-6+/t11-/m1/s1. The largest absolute Gasteiger partial charge is 0.363 e.